The quantitative estimate of drug-likeness (QED) is 0.452. The molecule has 130 valence electrons. The smallest absolute Gasteiger partial charge is 0.349 e. The van der Waals surface area contributed by atoms with Gasteiger partial charge in [0.1, 0.15) is 22.8 Å². The van der Waals surface area contributed by atoms with Crippen molar-refractivity contribution in [1.29, 1.82) is 5.26 Å². The van der Waals surface area contributed by atoms with Crippen LogP contribution in [0.3, 0.4) is 0 Å². The van der Waals surface area contributed by atoms with E-state index in [-0.39, 0.29) is 17.7 Å². The number of rotatable bonds is 4. The summed E-state index contributed by atoms with van der Waals surface area (Å²) in [6, 6.07) is 13.7. The number of nitrogens with zero attached hydrogens (tertiary/aromatic N) is 2. The van der Waals surface area contributed by atoms with Crippen molar-refractivity contribution in [1.82, 2.24) is 5.16 Å². The molecule has 0 spiro atoms. The van der Waals surface area contributed by atoms with E-state index in [4.69, 9.17) is 37.7 Å². The second kappa shape index (κ2) is 7.61. The SMILES string of the molecule is Cc1onc(-c2c(Cl)cccc2Cl)c1C(=O)Oc1ccc(CC#N)cc1. The molecule has 0 aliphatic rings. The Morgan fingerprint density at radius 1 is 1.19 bits per heavy atom. The summed E-state index contributed by atoms with van der Waals surface area (Å²) >= 11 is 12.4. The maximum atomic E-state index is 12.7. The first-order chi connectivity index (χ1) is 12.5. The van der Waals surface area contributed by atoms with Gasteiger partial charge in [-0.15, -0.1) is 0 Å². The molecule has 2 aromatic carbocycles. The summed E-state index contributed by atoms with van der Waals surface area (Å²) in [4.78, 5) is 12.7. The van der Waals surface area contributed by atoms with Crippen molar-refractivity contribution in [3.63, 3.8) is 0 Å². The fraction of sp³-hybridized carbons (Fsp3) is 0.105. The van der Waals surface area contributed by atoms with Gasteiger partial charge in [0.2, 0.25) is 0 Å². The second-order valence-electron chi connectivity index (χ2n) is 5.43. The van der Waals surface area contributed by atoms with E-state index in [0.29, 0.717) is 27.1 Å². The lowest BCUT2D eigenvalue weighted by atomic mass is 10.1. The van der Waals surface area contributed by atoms with Gasteiger partial charge in [0.05, 0.1) is 22.5 Å². The molecule has 0 saturated carbocycles. The van der Waals surface area contributed by atoms with Gasteiger partial charge < -0.3 is 9.26 Å². The fourth-order valence-corrected chi connectivity index (χ4v) is 3.01. The van der Waals surface area contributed by atoms with E-state index in [9.17, 15) is 4.79 Å². The zero-order chi connectivity index (χ0) is 18.7. The minimum atomic E-state index is -0.636. The van der Waals surface area contributed by atoms with Crippen LogP contribution in [0.1, 0.15) is 21.7 Å². The maximum Gasteiger partial charge on any atom is 0.349 e. The van der Waals surface area contributed by atoms with Crippen LogP contribution in [-0.4, -0.2) is 11.1 Å². The molecule has 3 rings (SSSR count). The van der Waals surface area contributed by atoms with Gasteiger partial charge in [0, 0.05) is 5.56 Å². The first-order valence-corrected chi connectivity index (χ1v) is 8.35. The van der Waals surface area contributed by atoms with E-state index in [1.165, 1.54) is 0 Å². The Kier molecular flexibility index (Phi) is 5.27. The summed E-state index contributed by atoms with van der Waals surface area (Å²) in [6.45, 7) is 1.61. The average molecular weight is 387 g/mol. The number of nitriles is 1. The van der Waals surface area contributed by atoms with Crippen molar-refractivity contribution < 1.29 is 14.1 Å². The molecule has 1 aromatic heterocycles. The minimum Gasteiger partial charge on any atom is -0.423 e. The van der Waals surface area contributed by atoms with Crippen LogP contribution in [-0.2, 0) is 6.42 Å². The van der Waals surface area contributed by atoms with Gasteiger partial charge in [0.15, 0.2) is 0 Å². The summed E-state index contributed by atoms with van der Waals surface area (Å²) < 4.78 is 10.6. The lowest BCUT2D eigenvalue weighted by Crippen LogP contribution is -2.10. The third-order valence-electron chi connectivity index (χ3n) is 3.68. The number of hydrogen-bond donors (Lipinski definition) is 0. The van der Waals surface area contributed by atoms with Crippen LogP contribution >= 0.6 is 23.2 Å². The molecule has 0 aliphatic carbocycles. The van der Waals surface area contributed by atoms with Crippen molar-refractivity contribution in [2.75, 3.05) is 0 Å². The molecule has 3 aromatic rings. The zero-order valence-electron chi connectivity index (χ0n) is 13.6. The number of carbonyl (C=O) groups excluding carboxylic acids is 1. The highest BCUT2D eigenvalue weighted by Crippen LogP contribution is 2.37. The van der Waals surface area contributed by atoms with Crippen molar-refractivity contribution in [3.8, 4) is 23.1 Å². The molecular formula is C19H12Cl2N2O3. The second-order valence-corrected chi connectivity index (χ2v) is 6.24. The largest absolute Gasteiger partial charge is 0.423 e. The molecule has 0 N–H and O–H groups in total. The summed E-state index contributed by atoms with van der Waals surface area (Å²) in [5.74, 6) is -0.00153. The van der Waals surface area contributed by atoms with Crippen molar-refractivity contribution >= 4 is 29.2 Å². The van der Waals surface area contributed by atoms with E-state index in [1.54, 1.807) is 49.4 Å². The van der Waals surface area contributed by atoms with Gasteiger partial charge in [-0.25, -0.2) is 4.79 Å². The van der Waals surface area contributed by atoms with E-state index in [2.05, 4.69) is 11.2 Å². The van der Waals surface area contributed by atoms with Crippen LogP contribution in [0, 0.1) is 18.3 Å². The Morgan fingerprint density at radius 2 is 1.85 bits per heavy atom. The van der Waals surface area contributed by atoms with E-state index in [1.807, 2.05) is 0 Å². The lowest BCUT2D eigenvalue weighted by molar-refractivity contribution is 0.0733. The molecule has 0 amide bonds. The lowest BCUT2D eigenvalue weighted by Gasteiger charge is -2.07. The van der Waals surface area contributed by atoms with Gasteiger partial charge in [0.25, 0.3) is 0 Å². The molecular weight excluding hydrogens is 375 g/mol. The number of carbonyl (C=O) groups is 1. The highest BCUT2D eigenvalue weighted by molar-refractivity contribution is 6.39. The van der Waals surface area contributed by atoms with E-state index >= 15 is 0 Å². The molecule has 0 fully saturated rings. The molecule has 0 saturated heterocycles. The van der Waals surface area contributed by atoms with Crippen LogP contribution in [0.25, 0.3) is 11.3 Å². The summed E-state index contributed by atoms with van der Waals surface area (Å²) in [6.07, 6.45) is 0.286. The van der Waals surface area contributed by atoms with Gasteiger partial charge in [-0.2, -0.15) is 5.26 Å². The molecule has 5 nitrogen and oxygen atoms in total. The number of benzene rings is 2. The Balaban J connectivity index is 1.94. The third kappa shape index (κ3) is 3.57. The van der Waals surface area contributed by atoms with Crippen molar-refractivity contribution in [3.05, 3.63) is 69.4 Å². The topological polar surface area (TPSA) is 76.1 Å². The third-order valence-corrected chi connectivity index (χ3v) is 4.31. The van der Waals surface area contributed by atoms with Crippen LogP contribution in [0.4, 0.5) is 0 Å². The van der Waals surface area contributed by atoms with Crippen LogP contribution in [0.2, 0.25) is 10.0 Å². The van der Waals surface area contributed by atoms with Crippen LogP contribution in [0.5, 0.6) is 5.75 Å². The molecule has 0 atom stereocenters. The number of aromatic nitrogens is 1. The van der Waals surface area contributed by atoms with Crippen LogP contribution in [0.15, 0.2) is 47.0 Å². The first kappa shape index (κ1) is 18.0. The van der Waals surface area contributed by atoms with E-state index in [0.717, 1.165) is 5.56 Å². The summed E-state index contributed by atoms with van der Waals surface area (Å²) in [5, 5.41) is 13.3. The number of ether oxygens (including phenoxy) is 1. The van der Waals surface area contributed by atoms with Gasteiger partial charge in [-0.3, -0.25) is 0 Å². The first-order valence-electron chi connectivity index (χ1n) is 7.60. The molecule has 1 heterocycles. The predicted octanol–water partition coefficient (Wildman–Crippen LogP) is 5.24. The number of halogens is 2. The Hall–Kier alpha value is -2.81. The summed E-state index contributed by atoms with van der Waals surface area (Å²) in [5.41, 5.74) is 1.62. The Labute approximate surface area is 159 Å². The van der Waals surface area contributed by atoms with Crippen LogP contribution < -0.4 is 4.74 Å². The van der Waals surface area contributed by atoms with Gasteiger partial charge >= 0.3 is 5.97 Å². The average Bonchev–Trinajstić information content (AvgIpc) is 2.98. The summed E-state index contributed by atoms with van der Waals surface area (Å²) in [7, 11) is 0. The Bertz CT molecular complexity index is 984. The van der Waals surface area contributed by atoms with E-state index < -0.39 is 5.97 Å². The van der Waals surface area contributed by atoms with Crippen molar-refractivity contribution in [2.45, 2.75) is 13.3 Å². The highest BCUT2D eigenvalue weighted by Gasteiger charge is 2.26. The molecule has 26 heavy (non-hydrogen) atoms. The number of aryl methyl sites for hydroxylation is 1. The number of esters is 1. The van der Waals surface area contributed by atoms with Crippen molar-refractivity contribution in [2.24, 2.45) is 0 Å². The maximum absolute atomic E-state index is 12.7. The minimum absolute atomic E-state index is 0.154. The molecule has 0 radical (unpaired) electrons. The molecule has 0 aliphatic heterocycles. The molecule has 0 unspecified atom stereocenters. The normalized spacial score (nSPS) is 10.4. The molecule has 0 bridgehead atoms. The highest BCUT2D eigenvalue weighted by atomic mass is 35.5. The molecule has 7 heteroatoms. The van der Waals surface area contributed by atoms with Gasteiger partial charge in [-0.1, -0.05) is 46.6 Å². The van der Waals surface area contributed by atoms with Gasteiger partial charge in [-0.05, 0) is 36.8 Å². The zero-order valence-corrected chi connectivity index (χ0v) is 15.1. The standard InChI is InChI=1S/C19H12Cl2N2O3/c1-11-16(18(23-26-11)17-14(20)3-2-4-15(17)21)19(24)25-13-7-5-12(6-8-13)9-10-22/h2-8H,9H2,1H3. The fourth-order valence-electron chi connectivity index (χ4n) is 2.43. The monoisotopic (exact) mass is 386 g/mol. The predicted molar refractivity (Wildman–Crippen MR) is 97.4 cm³/mol. The number of hydrogen-bond acceptors (Lipinski definition) is 5. The Morgan fingerprint density at radius 3 is 2.46 bits per heavy atom.